The van der Waals surface area contributed by atoms with Crippen LogP contribution in [-0.4, -0.2) is 38.9 Å². The molecule has 0 heterocycles. The molecule has 0 aliphatic carbocycles. The molecule has 0 spiro atoms. The van der Waals surface area contributed by atoms with Crippen molar-refractivity contribution >= 4 is 5.97 Å². The van der Waals surface area contributed by atoms with E-state index < -0.39 is 0 Å². The van der Waals surface area contributed by atoms with Crippen LogP contribution in [0, 0.1) is 0 Å². The maximum Gasteiger partial charge on any atom is 0.322 e. The molecule has 4 nitrogen and oxygen atoms in total. The van der Waals surface area contributed by atoms with E-state index in [1.54, 1.807) is 7.11 Å². The molecule has 0 saturated heterocycles. The Bertz CT molecular complexity index is 161. The fourth-order valence-corrected chi connectivity index (χ4v) is 1.22. The molecule has 4 heteroatoms. The molecule has 0 saturated carbocycles. The van der Waals surface area contributed by atoms with Crippen LogP contribution in [0.4, 0.5) is 0 Å². The summed E-state index contributed by atoms with van der Waals surface area (Å²) in [5.74, 6) is -0.197. The van der Waals surface area contributed by atoms with Crippen molar-refractivity contribution in [3.63, 3.8) is 0 Å². The van der Waals surface area contributed by atoms with E-state index in [1.165, 1.54) is 7.11 Å². The molecule has 0 aromatic rings. The molecule has 1 N–H and O–H groups in total. The quantitative estimate of drug-likeness (QED) is 0.626. The van der Waals surface area contributed by atoms with E-state index >= 15 is 0 Å². The van der Waals surface area contributed by atoms with Crippen LogP contribution in [0.3, 0.4) is 0 Å². The summed E-state index contributed by atoms with van der Waals surface area (Å²) in [5, 5.41) is 3.20. The molecule has 0 amide bonds. The van der Waals surface area contributed by atoms with E-state index in [4.69, 9.17) is 4.74 Å². The van der Waals surface area contributed by atoms with Gasteiger partial charge in [-0.25, -0.2) is 0 Å². The highest BCUT2D eigenvalue weighted by Crippen LogP contribution is 1.99. The van der Waals surface area contributed by atoms with Crippen molar-refractivity contribution in [3.05, 3.63) is 0 Å². The molecule has 0 aromatic carbocycles. The molecule has 0 bridgehead atoms. The van der Waals surface area contributed by atoms with Crippen LogP contribution >= 0.6 is 0 Å². The Morgan fingerprint density at radius 1 is 1.43 bits per heavy atom. The largest absolute Gasteiger partial charge is 0.468 e. The summed E-state index contributed by atoms with van der Waals surface area (Å²) in [4.78, 5) is 11.2. The minimum Gasteiger partial charge on any atom is -0.468 e. The molecule has 0 rings (SSSR count). The molecular weight excluding hydrogens is 182 g/mol. The van der Waals surface area contributed by atoms with Gasteiger partial charge in [-0.1, -0.05) is 6.92 Å². The van der Waals surface area contributed by atoms with Gasteiger partial charge in [0.15, 0.2) is 0 Å². The van der Waals surface area contributed by atoms with Crippen molar-refractivity contribution in [2.45, 2.75) is 38.8 Å². The van der Waals surface area contributed by atoms with E-state index in [0.717, 1.165) is 12.8 Å². The fourth-order valence-electron chi connectivity index (χ4n) is 1.22. The zero-order chi connectivity index (χ0) is 11.0. The highest BCUT2D eigenvalue weighted by Gasteiger charge is 2.18. The third-order valence-corrected chi connectivity index (χ3v) is 2.13. The van der Waals surface area contributed by atoms with Crippen molar-refractivity contribution in [1.29, 1.82) is 0 Å². The van der Waals surface area contributed by atoms with Gasteiger partial charge in [0.2, 0.25) is 0 Å². The normalized spacial score (nSPS) is 14.9. The van der Waals surface area contributed by atoms with Gasteiger partial charge in [0.25, 0.3) is 0 Å². The Morgan fingerprint density at radius 2 is 2.07 bits per heavy atom. The number of ether oxygens (including phenoxy) is 2. The second kappa shape index (κ2) is 7.76. The van der Waals surface area contributed by atoms with Crippen LogP contribution in [0.25, 0.3) is 0 Å². The van der Waals surface area contributed by atoms with Gasteiger partial charge in [-0.2, -0.15) is 0 Å². The molecule has 0 aliphatic rings. The maximum absolute atomic E-state index is 11.2. The summed E-state index contributed by atoms with van der Waals surface area (Å²) in [6.45, 7) is 4.69. The molecular formula is C10H21NO3. The van der Waals surface area contributed by atoms with Crippen molar-refractivity contribution in [2.75, 3.05) is 20.8 Å². The van der Waals surface area contributed by atoms with Crippen LogP contribution in [0.5, 0.6) is 0 Å². The monoisotopic (exact) mass is 203 g/mol. The SMILES string of the molecule is CCC(NC(C)CCOC)C(=O)OC. The lowest BCUT2D eigenvalue weighted by Gasteiger charge is -2.19. The third kappa shape index (κ3) is 5.19. The number of carbonyl (C=O) groups is 1. The first-order valence-corrected chi connectivity index (χ1v) is 4.98. The molecule has 2 unspecified atom stereocenters. The van der Waals surface area contributed by atoms with Crippen molar-refractivity contribution in [1.82, 2.24) is 5.32 Å². The summed E-state index contributed by atoms with van der Waals surface area (Å²) in [5.41, 5.74) is 0. The van der Waals surface area contributed by atoms with E-state index in [1.807, 2.05) is 13.8 Å². The number of hydrogen-bond acceptors (Lipinski definition) is 4. The van der Waals surface area contributed by atoms with Crippen molar-refractivity contribution in [3.8, 4) is 0 Å². The Labute approximate surface area is 86.0 Å². The molecule has 84 valence electrons. The summed E-state index contributed by atoms with van der Waals surface area (Å²) < 4.78 is 9.63. The molecule has 0 aromatic heterocycles. The number of esters is 1. The van der Waals surface area contributed by atoms with Crippen LogP contribution in [0.2, 0.25) is 0 Å². The first-order chi connectivity index (χ1) is 6.65. The second-order valence-corrected chi connectivity index (χ2v) is 3.33. The molecule has 0 fully saturated rings. The number of carbonyl (C=O) groups excluding carboxylic acids is 1. The van der Waals surface area contributed by atoms with Crippen LogP contribution < -0.4 is 5.32 Å². The summed E-state index contributed by atoms with van der Waals surface area (Å²) >= 11 is 0. The Balaban J connectivity index is 3.85. The predicted molar refractivity (Wildman–Crippen MR) is 55.2 cm³/mol. The van der Waals surface area contributed by atoms with Crippen molar-refractivity contribution < 1.29 is 14.3 Å². The lowest BCUT2D eigenvalue weighted by atomic mass is 10.1. The second-order valence-electron chi connectivity index (χ2n) is 3.33. The van der Waals surface area contributed by atoms with Crippen molar-refractivity contribution in [2.24, 2.45) is 0 Å². The van der Waals surface area contributed by atoms with Crippen LogP contribution in [0.15, 0.2) is 0 Å². The maximum atomic E-state index is 11.2. The average molecular weight is 203 g/mol. The minimum absolute atomic E-state index is 0.197. The van der Waals surface area contributed by atoms with Gasteiger partial charge >= 0.3 is 5.97 Å². The number of nitrogens with one attached hydrogen (secondary N) is 1. The standard InChI is InChI=1S/C10H21NO3/c1-5-9(10(12)14-4)11-8(2)6-7-13-3/h8-9,11H,5-7H2,1-4H3. The highest BCUT2D eigenvalue weighted by molar-refractivity contribution is 5.75. The molecule has 0 radical (unpaired) electrons. The summed E-state index contributed by atoms with van der Waals surface area (Å²) in [6, 6.07) is 0.0610. The lowest BCUT2D eigenvalue weighted by Crippen LogP contribution is -2.42. The van der Waals surface area contributed by atoms with Gasteiger partial charge in [-0.05, 0) is 19.8 Å². The summed E-state index contributed by atoms with van der Waals surface area (Å²) in [6.07, 6.45) is 1.63. The zero-order valence-electron chi connectivity index (χ0n) is 9.50. The Kier molecular flexibility index (Phi) is 7.42. The molecule has 2 atom stereocenters. The van der Waals surface area contributed by atoms with E-state index in [0.29, 0.717) is 6.61 Å². The van der Waals surface area contributed by atoms with Gasteiger partial charge in [0.05, 0.1) is 7.11 Å². The molecule has 0 aliphatic heterocycles. The number of methoxy groups -OCH3 is 2. The topological polar surface area (TPSA) is 47.6 Å². The van der Waals surface area contributed by atoms with Gasteiger partial charge in [0, 0.05) is 19.8 Å². The van der Waals surface area contributed by atoms with Gasteiger partial charge in [-0.15, -0.1) is 0 Å². The van der Waals surface area contributed by atoms with E-state index in [-0.39, 0.29) is 18.1 Å². The predicted octanol–water partition coefficient (Wildman–Crippen LogP) is 0.953. The Hall–Kier alpha value is -0.610. The smallest absolute Gasteiger partial charge is 0.322 e. The van der Waals surface area contributed by atoms with Gasteiger partial charge < -0.3 is 14.8 Å². The highest BCUT2D eigenvalue weighted by atomic mass is 16.5. The number of rotatable bonds is 7. The van der Waals surface area contributed by atoms with Crippen LogP contribution in [0.1, 0.15) is 26.7 Å². The fraction of sp³-hybridized carbons (Fsp3) is 0.900. The first kappa shape index (κ1) is 13.4. The van der Waals surface area contributed by atoms with Crippen LogP contribution in [-0.2, 0) is 14.3 Å². The molecule has 14 heavy (non-hydrogen) atoms. The van der Waals surface area contributed by atoms with E-state index in [2.05, 4.69) is 10.1 Å². The first-order valence-electron chi connectivity index (χ1n) is 4.98. The minimum atomic E-state index is -0.202. The van der Waals surface area contributed by atoms with E-state index in [9.17, 15) is 4.79 Å². The third-order valence-electron chi connectivity index (χ3n) is 2.13. The number of hydrogen-bond donors (Lipinski definition) is 1. The Morgan fingerprint density at radius 3 is 2.50 bits per heavy atom. The zero-order valence-corrected chi connectivity index (χ0v) is 9.50. The summed E-state index contributed by atoms with van der Waals surface area (Å²) in [7, 11) is 3.08. The van der Waals surface area contributed by atoms with Gasteiger partial charge in [0.1, 0.15) is 6.04 Å². The lowest BCUT2D eigenvalue weighted by molar-refractivity contribution is -0.143. The average Bonchev–Trinajstić information content (AvgIpc) is 2.21. The van der Waals surface area contributed by atoms with Gasteiger partial charge in [-0.3, -0.25) is 4.79 Å².